The topological polar surface area (TPSA) is 126 Å². The second-order valence-corrected chi connectivity index (χ2v) is 14.7. The van der Waals surface area contributed by atoms with Gasteiger partial charge in [-0.1, -0.05) is 30.0 Å². The van der Waals surface area contributed by atoms with Gasteiger partial charge < -0.3 is 9.80 Å². The minimum atomic E-state index is -0.714. The number of hydrogen-bond acceptors (Lipinski definition) is 9. The van der Waals surface area contributed by atoms with E-state index in [0.29, 0.717) is 23.9 Å². The molecular weight excluding hydrogens is 712 g/mol. The van der Waals surface area contributed by atoms with Crippen molar-refractivity contribution in [3.8, 4) is 23.2 Å². The SMILES string of the molecule is Cn1c(=O)n(C2CCC(=O)NC2=O)c2ccc(C#CCCN3CCN(c4cccc(-c5cnc6ccc(N7CCCC7c7cccc(F)c7)nn56)n4)CC3)cc21. The molecule has 7 heterocycles. The van der Waals surface area contributed by atoms with Crippen molar-refractivity contribution in [1.82, 2.24) is 38.9 Å². The molecule has 2 atom stereocenters. The molecule has 3 saturated heterocycles. The predicted octanol–water partition coefficient (Wildman–Crippen LogP) is 4.47. The van der Waals surface area contributed by atoms with Crippen LogP contribution in [0.3, 0.4) is 0 Å². The first-order chi connectivity index (χ1) is 27.3. The van der Waals surface area contributed by atoms with Gasteiger partial charge in [0.1, 0.15) is 29.2 Å². The number of amides is 2. The van der Waals surface area contributed by atoms with E-state index in [0.717, 1.165) is 91.9 Å². The van der Waals surface area contributed by atoms with Gasteiger partial charge in [-0.2, -0.15) is 0 Å². The van der Waals surface area contributed by atoms with Crippen molar-refractivity contribution < 1.29 is 14.0 Å². The van der Waals surface area contributed by atoms with Crippen molar-refractivity contribution in [3.63, 3.8) is 0 Å². The lowest BCUT2D eigenvalue weighted by atomic mass is 10.0. The van der Waals surface area contributed by atoms with Crippen molar-refractivity contribution in [3.05, 3.63) is 106 Å². The lowest BCUT2D eigenvalue weighted by Gasteiger charge is -2.35. The molecule has 3 aliphatic rings. The summed E-state index contributed by atoms with van der Waals surface area (Å²) in [6.07, 6.45) is 4.97. The lowest BCUT2D eigenvalue weighted by molar-refractivity contribution is -0.135. The molecule has 0 aliphatic carbocycles. The second-order valence-electron chi connectivity index (χ2n) is 14.7. The zero-order chi connectivity index (χ0) is 38.3. The number of carbonyl (C=O) groups excluding carboxylic acids is 2. The fourth-order valence-corrected chi connectivity index (χ4v) is 8.28. The fraction of sp³-hybridized carbons (Fsp3) is 0.333. The van der Waals surface area contributed by atoms with E-state index in [-0.39, 0.29) is 29.9 Å². The van der Waals surface area contributed by atoms with Gasteiger partial charge in [-0.25, -0.2) is 23.7 Å². The van der Waals surface area contributed by atoms with Crippen LogP contribution in [0.25, 0.3) is 28.1 Å². The van der Waals surface area contributed by atoms with Gasteiger partial charge in [-0.15, -0.1) is 5.10 Å². The molecule has 1 N–H and O–H groups in total. The number of hydrogen-bond donors (Lipinski definition) is 1. The molecule has 3 aliphatic heterocycles. The number of nitrogens with one attached hydrogen (secondary N) is 1. The maximum atomic E-state index is 14.1. The van der Waals surface area contributed by atoms with Gasteiger partial charge in [-0.3, -0.25) is 28.9 Å². The third-order valence-corrected chi connectivity index (χ3v) is 11.2. The van der Waals surface area contributed by atoms with Gasteiger partial charge in [0.2, 0.25) is 11.8 Å². The average molecular weight is 753 g/mol. The Morgan fingerprint density at radius 1 is 0.875 bits per heavy atom. The van der Waals surface area contributed by atoms with Crippen LogP contribution in [0, 0.1) is 17.7 Å². The number of pyridine rings is 1. The molecule has 0 saturated carbocycles. The Balaban J connectivity index is 0.831. The summed E-state index contributed by atoms with van der Waals surface area (Å²) in [6, 6.07) is 21.8. The van der Waals surface area contributed by atoms with Crippen LogP contribution in [-0.4, -0.2) is 84.7 Å². The number of carbonyl (C=O) groups is 2. The monoisotopic (exact) mass is 752 g/mol. The Kier molecular flexibility index (Phi) is 9.30. The zero-order valence-corrected chi connectivity index (χ0v) is 31.1. The summed E-state index contributed by atoms with van der Waals surface area (Å²) >= 11 is 0. The third-order valence-electron chi connectivity index (χ3n) is 11.2. The molecule has 0 spiro atoms. The highest BCUT2D eigenvalue weighted by Crippen LogP contribution is 2.36. The van der Waals surface area contributed by atoms with E-state index in [9.17, 15) is 18.8 Å². The van der Waals surface area contributed by atoms with E-state index in [1.807, 2.05) is 65.3 Å². The van der Waals surface area contributed by atoms with E-state index in [4.69, 9.17) is 10.1 Å². The molecule has 0 bridgehead atoms. The molecule has 56 heavy (non-hydrogen) atoms. The molecule has 2 unspecified atom stereocenters. The molecule has 3 fully saturated rings. The first kappa shape index (κ1) is 35.4. The maximum absolute atomic E-state index is 14.1. The first-order valence-corrected chi connectivity index (χ1v) is 19.2. The van der Waals surface area contributed by atoms with Crippen molar-refractivity contribution in [1.29, 1.82) is 0 Å². The van der Waals surface area contributed by atoms with E-state index >= 15 is 0 Å². The number of aromatic nitrogens is 6. The Labute approximate surface area is 322 Å². The number of imidazole rings is 2. The Hall–Kier alpha value is -6.33. The van der Waals surface area contributed by atoms with Crippen molar-refractivity contribution in [2.24, 2.45) is 7.05 Å². The summed E-state index contributed by atoms with van der Waals surface area (Å²) in [5.74, 6) is 7.30. The van der Waals surface area contributed by atoms with E-state index in [1.54, 1.807) is 19.2 Å². The second kappa shape index (κ2) is 14.7. The number of piperazine rings is 1. The van der Waals surface area contributed by atoms with Crippen molar-refractivity contribution >= 4 is 40.1 Å². The van der Waals surface area contributed by atoms with Gasteiger partial charge in [0.05, 0.1) is 29.0 Å². The number of nitrogens with zero attached hydrogens (tertiary/aromatic N) is 9. The summed E-state index contributed by atoms with van der Waals surface area (Å²) in [7, 11) is 1.68. The highest BCUT2D eigenvalue weighted by atomic mass is 19.1. The summed E-state index contributed by atoms with van der Waals surface area (Å²) < 4.78 is 19.0. The largest absolute Gasteiger partial charge is 0.354 e. The molecule has 6 aromatic rings. The normalized spacial score (nSPS) is 19.1. The van der Waals surface area contributed by atoms with Crippen LogP contribution >= 0.6 is 0 Å². The molecule has 284 valence electrons. The lowest BCUT2D eigenvalue weighted by Crippen LogP contribution is -2.46. The average Bonchev–Trinajstić information content (AvgIpc) is 3.94. The zero-order valence-electron chi connectivity index (χ0n) is 31.1. The molecule has 2 aromatic carbocycles. The Morgan fingerprint density at radius 2 is 1.73 bits per heavy atom. The summed E-state index contributed by atoms with van der Waals surface area (Å²) in [6.45, 7) is 5.14. The number of halogens is 1. The van der Waals surface area contributed by atoms with Crippen LogP contribution in [-0.2, 0) is 16.6 Å². The highest BCUT2D eigenvalue weighted by Gasteiger charge is 2.31. The molecule has 14 heteroatoms. The smallest absolute Gasteiger partial charge is 0.329 e. The third kappa shape index (κ3) is 6.68. The minimum absolute atomic E-state index is 0.0662. The Morgan fingerprint density at radius 3 is 2.57 bits per heavy atom. The predicted molar refractivity (Wildman–Crippen MR) is 211 cm³/mol. The maximum Gasteiger partial charge on any atom is 0.329 e. The number of rotatable bonds is 7. The van der Waals surface area contributed by atoms with Crippen LogP contribution in [0.15, 0.2) is 83.8 Å². The summed E-state index contributed by atoms with van der Waals surface area (Å²) in [5, 5.41) is 7.37. The molecule has 9 rings (SSSR count). The van der Waals surface area contributed by atoms with Gasteiger partial charge in [0.15, 0.2) is 5.65 Å². The number of aryl methyl sites for hydroxylation is 1. The van der Waals surface area contributed by atoms with Gasteiger partial charge in [0.25, 0.3) is 0 Å². The Bertz CT molecular complexity index is 2610. The molecule has 2 amide bonds. The number of benzene rings is 2. The quantitative estimate of drug-likeness (QED) is 0.186. The number of imide groups is 1. The number of anilines is 2. The van der Waals surface area contributed by atoms with Crippen LogP contribution in [0.2, 0.25) is 0 Å². The van der Waals surface area contributed by atoms with Crippen molar-refractivity contribution in [2.75, 3.05) is 49.1 Å². The van der Waals surface area contributed by atoms with Crippen LogP contribution < -0.4 is 20.8 Å². The number of fused-ring (bicyclic) bond motifs is 2. The number of piperidine rings is 1. The van der Waals surface area contributed by atoms with Crippen LogP contribution in [0.4, 0.5) is 16.0 Å². The van der Waals surface area contributed by atoms with Crippen LogP contribution in [0.5, 0.6) is 0 Å². The van der Waals surface area contributed by atoms with E-state index in [2.05, 4.69) is 36.8 Å². The van der Waals surface area contributed by atoms with Gasteiger partial charge in [0, 0.05) is 64.7 Å². The van der Waals surface area contributed by atoms with E-state index in [1.165, 1.54) is 15.2 Å². The summed E-state index contributed by atoms with van der Waals surface area (Å²) in [4.78, 5) is 53.9. The highest BCUT2D eigenvalue weighted by molar-refractivity contribution is 6.00. The van der Waals surface area contributed by atoms with Crippen molar-refractivity contribution in [2.45, 2.75) is 44.2 Å². The standard InChI is InChI=1S/C42H41FN10O3/c1-48-35-25-28(13-14-33(35)52(42(48)56)34-15-18-40(54)46-41(34)55)7-2-3-19-49-21-23-50(24-22-49)38-12-5-10-31(45-38)36-27-44-37-16-17-39(47-53(36)37)51-20-6-11-32(51)29-8-4-9-30(43)26-29/h4-5,8-10,12-14,16-17,25-27,32,34H,3,6,11,15,18-24H2,1H3,(H,46,54,55). The molecular formula is C42H41FN10O3. The minimum Gasteiger partial charge on any atom is -0.354 e. The molecule has 13 nitrogen and oxygen atoms in total. The van der Waals surface area contributed by atoms with Gasteiger partial charge in [-0.05, 0) is 79.4 Å². The first-order valence-electron chi connectivity index (χ1n) is 19.2. The summed E-state index contributed by atoms with van der Waals surface area (Å²) in [5.41, 5.74) is 5.16. The van der Waals surface area contributed by atoms with E-state index < -0.39 is 11.9 Å². The molecule has 0 radical (unpaired) electrons. The fourth-order valence-electron chi connectivity index (χ4n) is 8.28. The molecule has 4 aromatic heterocycles. The van der Waals surface area contributed by atoms with Crippen LogP contribution in [0.1, 0.15) is 55.3 Å². The van der Waals surface area contributed by atoms with Gasteiger partial charge >= 0.3 is 5.69 Å².